The summed E-state index contributed by atoms with van der Waals surface area (Å²) in [4.78, 5) is 24.6. The van der Waals surface area contributed by atoms with Crippen LogP contribution in [0.3, 0.4) is 0 Å². The SMILES string of the molecule is CC(C)COC(=O)Nc1cccc(NC(=O)c2ccc(Cl)c(S(=O)(=O)N3CCCCC3)c2)c1. The van der Waals surface area contributed by atoms with Crippen molar-refractivity contribution in [2.75, 3.05) is 30.3 Å². The number of sulfonamides is 1. The molecule has 0 saturated carbocycles. The van der Waals surface area contributed by atoms with Gasteiger partial charge in [-0.3, -0.25) is 10.1 Å². The van der Waals surface area contributed by atoms with Gasteiger partial charge >= 0.3 is 6.09 Å². The quantitative estimate of drug-likeness (QED) is 0.566. The molecule has 0 radical (unpaired) electrons. The summed E-state index contributed by atoms with van der Waals surface area (Å²) in [5.41, 5.74) is 1.03. The lowest BCUT2D eigenvalue weighted by Gasteiger charge is -2.26. The Kier molecular flexibility index (Phi) is 8.34. The zero-order valence-corrected chi connectivity index (χ0v) is 20.2. The van der Waals surface area contributed by atoms with Gasteiger partial charge in [-0.25, -0.2) is 13.2 Å². The topological polar surface area (TPSA) is 105 Å². The summed E-state index contributed by atoms with van der Waals surface area (Å²) >= 11 is 6.19. The summed E-state index contributed by atoms with van der Waals surface area (Å²) in [5, 5.41) is 5.40. The largest absolute Gasteiger partial charge is 0.449 e. The number of nitrogens with one attached hydrogen (secondary N) is 2. The Bertz CT molecular complexity index is 1110. The molecule has 2 aromatic rings. The molecule has 0 aromatic heterocycles. The van der Waals surface area contributed by atoms with Crippen molar-refractivity contribution < 1.29 is 22.7 Å². The van der Waals surface area contributed by atoms with Crippen LogP contribution in [0.1, 0.15) is 43.5 Å². The second kappa shape index (κ2) is 11.0. The number of hydrogen-bond donors (Lipinski definition) is 2. The molecule has 8 nitrogen and oxygen atoms in total. The van der Waals surface area contributed by atoms with Gasteiger partial charge in [0.1, 0.15) is 4.90 Å². The van der Waals surface area contributed by atoms with Gasteiger partial charge in [0.2, 0.25) is 10.0 Å². The number of anilines is 2. The molecule has 1 heterocycles. The highest BCUT2D eigenvalue weighted by Crippen LogP contribution is 2.28. The highest BCUT2D eigenvalue weighted by molar-refractivity contribution is 7.89. The maximum Gasteiger partial charge on any atom is 0.411 e. The maximum atomic E-state index is 13.0. The summed E-state index contributed by atoms with van der Waals surface area (Å²) in [6.45, 7) is 5.04. The molecular formula is C23H28ClN3O5S. The molecule has 2 aromatic carbocycles. The van der Waals surface area contributed by atoms with Crippen molar-refractivity contribution in [1.29, 1.82) is 0 Å². The van der Waals surface area contributed by atoms with Gasteiger partial charge in [0.25, 0.3) is 5.91 Å². The number of carbonyl (C=O) groups excluding carboxylic acids is 2. The average Bonchev–Trinajstić information content (AvgIpc) is 2.78. The number of hydrogen-bond acceptors (Lipinski definition) is 5. The van der Waals surface area contributed by atoms with E-state index in [1.807, 2.05) is 13.8 Å². The first-order chi connectivity index (χ1) is 15.7. The van der Waals surface area contributed by atoms with Gasteiger partial charge < -0.3 is 10.1 Å². The minimum atomic E-state index is -3.79. The predicted molar refractivity (Wildman–Crippen MR) is 128 cm³/mol. The normalized spacial score (nSPS) is 14.7. The summed E-state index contributed by atoms with van der Waals surface area (Å²) in [6, 6.07) is 10.8. The third-order valence-corrected chi connectivity index (χ3v) is 7.42. The van der Waals surface area contributed by atoms with E-state index >= 15 is 0 Å². The molecule has 0 spiro atoms. The lowest BCUT2D eigenvalue weighted by molar-refractivity contribution is 0.102. The van der Waals surface area contributed by atoms with Crippen LogP contribution in [0, 0.1) is 5.92 Å². The Balaban J connectivity index is 1.73. The second-order valence-electron chi connectivity index (χ2n) is 8.26. The Morgan fingerprint density at radius 3 is 2.36 bits per heavy atom. The van der Waals surface area contributed by atoms with Crippen molar-refractivity contribution >= 4 is 45.0 Å². The molecule has 10 heteroatoms. The predicted octanol–water partition coefficient (Wildman–Crippen LogP) is 4.97. The zero-order chi connectivity index (χ0) is 24.0. The number of benzene rings is 2. The van der Waals surface area contributed by atoms with E-state index in [1.54, 1.807) is 24.3 Å². The summed E-state index contributed by atoms with van der Waals surface area (Å²) in [5.74, 6) is -0.286. The standard InChI is InChI=1S/C23H28ClN3O5S/c1-16(2)15-32-23(29)26-19-8-6-7-18(14-19)25-22(28)17-9-10-20(24)21(13-17)33(30,31)27-11-4-3-5-12-27/h6-10,13-14,16H,3-5,11-12,15H2,1-2H3,(H,25,28)(H,26,29). The first-order valence-corrected chi connectivity index (χ1v) is 12.6. The lowest BCUT2D eigenvalue weighted by atomic mass is 10.2. The van der Waals surface area contributed by atoms with Crippen LogP contribution in [0.2, 0.25) is 5.02 Å². The molecule has 178 valence electrons. The van der Waals surface area contributed by atoms with Crippen molar-refractivity contribution in [2.45, 2.75) is 38.0 Å². The van der Waals surface area contributed by atoms with Crippen LogP contribution in [0.5, 0.6) is 0 Å². The number of amides is 2. The molecule has 2 N–H and O–H groups in total. The van der Waals surface area contributed by atoms with Crippen LogP contribution in [-0.4, -0.2) is 44.4 Å². The number of rotatable bonds is 7. The molecule has 0 unspecified atom stereocenters. The van der Waals surface area contributed by atoms with Gasteiger partial charge in [-0.15, -0.1) is 0 Å². The third kappa shape index (κ3) is 6.69. The van der Waals surface area contributed by atoms with E-state index in [4.69, 9.17) is 16.3 Å². The first kappa shape index (κ1) is 25.0. The number of halogens is 1. The van der Waals surface area contributed by atoms with Crippen molar-refractivity contribution in [3.63, 3.8) is 0 Å². The third-order valence-electron chi connectivity index (χ3n) is 5.04. The molecule has 1 aliphatic rings. The molecule has 0 aliphatic carbocycles. The van der Waals surface area contributed by atoms with Gasteiger partial charge in [0.05, 0.1) is 11.6 Å². The number of carbonyl (C=O) groups is 2. The highest BCUT2D eigenvalue weighted by atomic mass is 35.5. The van der Waals surface area contributed by atoms with Crippen LogP contribution in [0.25, 0.3) is 0 Å². The molecule has 0 atom stereocenters. The van der Waals surface area contributed by atoms with E-state index < -0.39 is 22.0 Å². The fraction of sp³-hybridized carbons (Fsp3) is 0.391. The lowest BCUT2D eigenvalue weighted by Crippen LogP contribution is -2.35. The molecule has 3 rings (SSSR count). The van der Waals surface area contributed by atoms with E-state index in [9.17, 15) is 18.0 Å². The molecule has 1 aliphatic heterocycles. The molecule has 33 heavy (non-hydrogen) atoms. The number of ether oxygens (including phenoxy) is 1. The molecule has 0 bridgehead atoms. The fourth-order valence-electron chi connectivity index (χ4n) is 3.36. The van der Waals surface area contributed by atoms with Crippen LogP contribution in [0.4, 0.5) is 16.2 Å². The van der Waals surface area contributed by atoms with Crippen molar-refractivity contribution in [2.24, 2.45) is 5.92 Å². The van der Waals surface area contributed by atoms with E-state index in [2.05, 4.69) is 10.6 Å². The van der Waals surface area contributed by atoms with E-state index in [0.717, 1.165) is 19.3 Å². The Hall–Kier alpha value is -2.62. The minimum Gasteiger partial charge on any atom is -0.449 e. The first-order valence-electron chi connectivity index (χ1n) is 10.8. The number of piperidine rings is 1. The van der Waals surface area contributed by atoms with Gasteiger partial charge in [-0.05, 0) is 55.2 Å². The Morgan fingerprint density at radius 2 is 1.70 bits per heavy atom. The van der Waals surface area contributed by atoms with Gasteiger partial charge in [-0.1, -0.05) is 37.9 Å². The number of nitrogens with zero attached hydrogens (tertiary/aromatic N) is 1. The monoisotopic (exact) mass is 493 g/mol. The highest BCUT2D eigenvalue weighted by Gasteiger charge is 2.28. The van der Waals surface area contributed by atoms with Gasteiger partial charge in [0, 0.05) is 30.0 Å². The zero-order valence-electron chi connectivity index (χ0n) is 18.6. The summed E-state index contributed by atoms with van der Waals surface area (Å²) < 4.78 is 32.6. The van der Waals surface area contributed by atoms with E-state index in [0.29, 0.717) is 31.1 Å². The van der Waals surface area contributed by atoms with Crippen LogP contribution in [0.15, 0.2) is 47.4 Å². The van der Waals surface area contributed by atoms with Gasteiger partial charge in [-0.2, -0.15) is 4.31 Å². The smallest absolute Gasteiger partial charge is 0.411 e. The van der Waals surface area contributed by atoms with Crippen molar-refractivity contribution in [1.82, 2.24) is 4.31 Å². The Labute approximate surface area is 199 Å². The van der Waals surface area contributed by atoms with Gasteiger partial charge in [0.15, 0.2) is 0 Å². The molecule has 1 fully saturated rings. The molecule has 1 saturated heterocycles. The summed E-state index contributed by atoms with van der Waals surface area (Å²) in [7, 11) is -3.79. The van der Waals surface area contributed by atoms with Crippen molar-refractivity contribution in [3.05, 3.63) is 53.1 Å². The average molecular weight is 494 g/mol. The van der Waals surface area contributed by atoms with E-state index in [1.165, 1.54) is 22.5 Å². The molecule has 2 amide bonds. The molecular weight excluding hydrogens is 466 g/mol. The Morgan fingerprint density at radius 1 is 1.03 bits per heavy atom. The van der Waals surface area contributed by atoms with Crippen LogP contribution in [-0.2, 0) is 14.8 Å². The summed E-state index contributed by atoms with van der Waals surface area (Å²) in [6.07, 6.45) is 2.00. The van der Waals surface area contributed by atoms with Crippen LogP contribution >= 0.6 is 11.6 Å². The second-order valence-corrected chi connectivity index (χ2v) is 10.6. The minimum absolute atomic E-state index is 0.0724. The fourth-order valence-corrected chi connectivity index (χ4v) is 5.38. The maximum absolute atomic E-state index is 13.0. The van der Waals surface area contributed by atoms with Crippen LogP contribution < -0.4 is 10.6 Å². The van der Waals surface area contributed by atoms with Crippen molar-refractivity contribution in [3.8, 4) is 0 Å². The van der Waals surface area contributed by atoms with E-state index in [-0.39, 0.29) is 21.4 Å².